The van der Waals surface area contributed by atoms with Crippen LogP contribution in [-0.4, -0.2) is 28.3 Å². The van der Waals surface area contributed by atoms with E-state index in [0.717, 1.165) is 9.26 Å². The summed E-state index contributed by atoms with van der Waals surface area (Å²) in [5.74, 6) is -1.09. The molecule has 0 amide bonds. The number of benzene rings is 1. The first-order valence-corrected chi connectivity index (χ1v) is 7.99. The second-order valence-electron chi connectivity index (χ2n) is 5.31. The third-order valence-electron chi connectivity index (χ3n) is 3.80. The van der Waals surface area contributed by atoms with E-state index >= 15 is 0 Å². The predicted octanol–water partition coefficient (Wildman–Crippen LogP) is 3.36. The molecule has 1 saturated carbocycles. The standard InChI is InChI=1S/C14H17ClINO3/c15-11-7-10(16)1-2-12(11)17-8-14(20)5-3-9(4-6-14)13(18)19/h1-2,7,9,17,20H,3-6,8H2,(H,18,19). The van der Waals surface area contributed by atoms with Gasteiger partial charge in [0.1, 0.15) is 0 Å². The number of nitrogens with one attached hydrogen (secondary N) is 1. The summed E-state index contributed by atoms with van der Waals surface area (Å²) in [5, 5.41) is 23.2. The molecule has 1 fully saturated rings. The first-order chi connectivity index (χ1) is 9.39. The van der Waals surface area contributed by atoms with Gasteiger partial charge in [-0.2, -0.15) is 0 Å². The van der Waals surface area contributed by atoms with Gasteiger partial charge in [0.15, 0.2) is 0 Å². The molecule has 0 heterocycles. The summed E-state index contributed by atoms with van der Waals surface area (Å²) in [7, 11) is 0. The number of carboxylic acid groups (broad SMARTS) is 1. The molecular weight excluding hydrogens is 393 g/mol. The van der Waals surface area contributed by atoms with Crippen LogP contribution >= 0.6 is 34.2 Å². The molecule has 0 aromatic heterocycles. The summed E-state index contributed by atoms with van der Waals surface area (Å²) in [6.07, 6.45) is 2.04. The highest BCUT2D eigenvalue weighted by Gasteiger charge is 2.35. The summed E-state index contributed by atoms with van der Waals surface area (Å²) >= 11 is 8.32. The molecule has 0 atom stereocenters. The van der Waals surface area contributed by atoms with Crippen molar-refractivity contribution < 1.29 is 15.0 Å². The highest BCUT2D eigenvalue weighted by Crippen LogP contribution is 2.33. The number of aliphatic carboxylic acids is 1. The molecule has 110 valence electrons. The zero-order valence-corrected chi connectivity index (χ0v) is 13.8. The maximum Gasteiger partial charge on any atom is 0.306 e. The Morgan fingerprint density at radius 2 is 2.10 bits per heavy atom. The van der Waals surface area contributed by atoms with Crippen LogP contribution in [0, 0.1) is 9.49 Å². The number of anilines is 1. The van der Waals surface area contributed by atoms with Crippen molar-refractivity contribution in [2.75, 3.05) is 11.9 Å². The van der Waals surface area contributed by atoms with Gasteiger partial charge in [-0.15, -0.1) is 0 Å². The van der Waals surface area contributed by atoms with Crippen LogP contribution in [0.15, 0.2) is 18.2 Å². The summed E-state index contributed by atoms with van der Waals surface area (Å²) < 4.78 is 1.05. The van der Waals surface area contributed by atoms with Crippen LogP contribution in [-0.2, 0) is 4.79 Å². The lowest BCUT2D eigenvalue weighted by atomic mass is 9.79. The van der Waals surface area contributed by atoms with Crippen LogP contribution in [0.25, 0.3) is 0 Å². The van der Waals surface area contributed by atoms with Gasteiger partial charge < -0.3 is 15.5 Å². The molecule has 1 aliphatic rings. The van der Waals surface area contributed by atoms with Crippen LogP contribution in [0.3, 0.4) is 0 Å². The molecule has 0 aliphatic heterocycles. The normalized spacial score (nSPS) is 26.2. The van der Waals surface area contributed by atoms with Gasteiger partial charge >= 0.3 is 5.97 Å². The summed E-state index contributed by atoms with van der Waals surface area (Å²) in [4.78, 5) is 10.9. The average Bonchev–Trinajstić information content (AvgIpc) is 2.38. The summed E-state index contributed by atoms with van der Waals surface area (Å²) in [6, 6.07) is 5.69. The molecular formula is C14H17ClINO3. The van der Waals surface area contributed by atoms with Crippen molar-refractivity contribution in [2.24, 2.45) is 5.92 Å². The van der Waals surface area contributed by atoms with E-state index in [-0.39, 0.29) is 5.92 Å². The Morgan fingerprint density at radius 3 is 2.65 bits per heavy atom. The first-order valence-electron chi connectivity index (χ1n) is 6.54. The van der Waals surface area contributed by atoms with Gasteiger partial charge in [-0.05, 0) is 66.5 Å². The van der Waals surface area contributed by atoms with E-state index in [0.29, 0.717) is 37.3 Å². The monoisotopic (exact) mass is 409 g/mol. The minimum Gasteiger partial charge on any atom is -0.481 e. The van der Waals surface area contributed by atoms with E-state index in [1.165, 1.54) is 0 Å². The van der Waals surface area contributed by atoms with E-state index < -0.39 is 11.6 Å². The van der Waals surface area contributed by atoms with E-state index in [2.05, 4.69) is 27.9 Å². The molecule has 1 aromatic rings. The highest BCUT2D eigenvalue weighted by atomic mass is 127. The van der Waals surface area contributed by atoms with Crippen molar-refractivity contribution in [1.82, 2.24) is 0 Å². The van der Waals surface area contributed by atoms with Crippen molar-refractivity contribution >= 4 is 45.8 Å². The molecule has 4 nitrogen and oxygen atoms in total. The summed E-state index contributed by atoms with van der Waals surface area (Å²) in [5.41, 5.74) is -0.0565. The molecule has 20 heavy (non-hydrogen) atoms. The highest BCUT2D eigenvalue weighted by molar-refractivity contribution is 14.1. The van der Waals surface area contributed by atoms with Gasteiger partial charge in [0.25, 0.3) is 0 Å². The van der Waals surface area contributed by atoms with Gasteiger partial charge in [0.2, 0.25) is 0 Å². The van der Waals surface area contributed by atoms with Crippen molar-refractivity contribution in [1.29, 1.82) is 0 Å². The third kappa shape index (κ3) is 3.99. The fourth-order valence-electron chi connectivity index (χ4n) is 2.47. The van der Waals surface area contributed by atoms with Crippen LogP contribution in [0.2, 0.25) is 5.02 Å². The molecule has 0 unspecified atom stereocenters. The largest absolute Gasteiger partial charge is 0.481 e. The molecule has 2 rings (SSSR count). The zero-order chi connectivity index (χ0) is 14.8. The van der Waals surface area contributed by atoms with Crippen LogP contribution in [0.5, 0.6) is 0 Å². The quantitative estimate of drug-likeness (QED) is 0.667. The minimum atomic E-state index is -0.849. The van der Waals surface area contributed by atoms with Crippen LogP contribution < -0.4 is 5.32 Å². The minimum absolute atomic E-state index is 0.322. The maximum atomic E-state index is 10.9. The van der Waals surface area contributed by atoms with Gasteiger partial charge in [-0.3, -0.25) is 4.79 Å². The molecule has 0 bridgehead atoms. The van der Waals surface area contributed by atoms with Crippen LogP contribution in [0.1, 0.15) is 25.7 Å². The van der Waals surface area contributed by atoms with Crippen molar-refractivity contribution in [2.45, 2.75) is 31.3 Å². The SMILES string of the molecule is O=C(O)C1CCC(O)(CNc2ccc(I)cc2Cl)CC1. The Hall–Kier alpha value is -0.530. The number of hydrogen-bond donors (Lipinski definition) is 3. The lowest BCUT2D eigenvalue weighted by Gasteiger charge is -2.35. The second kappa shape index (κ2) is 6.49. The van der Waals surface area contributed by atoms with Crippen molar-refractivity contribution in [3.05, 3.63) is 26.8 Å². The number of rotatable bonds is 4. The van der Waals surface area contributed by atoms with Crippen molar-refractivity contribution in [3.63, 3.8) is 0 Å². The molecule has 0 spiro atoms. The van der Waals surface area contributed by atoms with Gasteiger partial charge in [0.05, 0.1) is 22.2 Å². The van der Waals surface area contributed by atoms with E-state index in [1.54, 1.807) is 0 Å². The van der Waals surface area contributed by atoms with E-state index in [1.807, 2.05) is 18.2 Å². The lowest BCUT2D eigenvalue weighted by Crippen LogP contribution is -2.41. The predicted molar refractivity (Wildman–Crippen MR) is 87.2 cm³/mol. The van der Waals surface area contributed by atoms with E-state index in [4.69, 9.17) is 16.7 Å². The van der Waals surface area contributed by atoms with Gasteiger partial charge in [-0.25, -0.2) is 0 Å². The topological polar surface area (TPSA) is 69.6 Å². The number of aliphatic hydroxyl groups is 1. The van der Waals surface area contributed by atoms with E-state index in [9.17, 15) is 9.90 Å². The lowest BCUT2D eigenvalue weighted by molar-refractivity contribution is -0.144. The number of halogens is 2. The maximum absolute atomic E-state index is 10.9. The Balaban J connectivity index is 1.92. The van der Waals surface area contributed by atoms with Gasteiger partial charge in [0, 0.05) is 10.1 Å². The smallest absolute Gasteiger partial charge is 0.306 e. The molecule has 0 radical (unpaired) electrons. The van der Waals surface area contributed by atoms with Crippen molar-refractivity contribution in [3.8, 4) is 0 Å². The summed E-state index contributed by atoms with van der Waals surface area (Å²) in [6.45, 7) is 0.389. The molecule has 3 N–H and O–H groups in total. The second-order valence-corrected chi connectivity index (χ2v) is 6.97. The number of carbonyl (C=O) groups is 1. The zero-order valence-electron chi connectivity index (χ0n) is 10.9. The Kier molecular flexibility index (Phi) is 5.14. The Labute approximate surface area is 136 Å². The molecule has 0 saturated heterocycles. The first kappa shape index (κ1) is 15.9. The Bertz CT molecular complexity index is 501. The third-order valence-corrected chi connectivity index (χ3v) is 4.79. The number of carboxylic acids is 1. The van der Waals surface area contributed by atoms with Crippen LogP contribution in [0.4, 0.5) is 5.69 Å². The molecule has 6 heteroatoms. The fraction of sp³-hybridized carbons (Fsp3) is 0.500. The average molecular weight is 410 g/mol. The van der Waals surface area contributed by atoms with Gasteiger partial charge in [-0.1, -0.05) is 11.6 Å². The number of hydrogen-bond acceptors (Lipinski definition) is 3. The Morgan fingerprint density at radius 1 is 1.45 bits per heavy atom. The molecule has 1 aromatic carbocycles. The molecule has 1 aliphatic carbocycles. The fourth-order valence-corrected chi connectivity index (χ4v) is 3.39.